The molecule has 2 aromatic carbocycles. The SMILES string of the molecule is CC(C)=CC[C@@]12C[C@H]3C(=O)N[C@@H](CO)C(=O)N[C@@H]([C@H](C)O)C(=O)N4CCC[C@H]4C(=O)N4[C@@H](C[C@@]5(CC=C(C)C)c6ccccc6N[C@@H]45)C(=O)N[C@H](CC(C)C)C(=O)N[C@@H](CC(N)=O)C(=O)NCC(=O)N[C@@H](CC(=O)O)C(=O)N[C@@H](CC(N)=O)C(=O)N[C@@H](CC(N)=O)C(=O)N3[C@@H]1Nc1ccccc12. The third-order valence-corrected chi connectivity index (χ3v) is 19.3. The number of nitrogens with two attached hydrogens (primary N) is 3. The lowest BCUT2D eigenvalue weighted by Gasteiger charge is -2.37. The Morgan fingerprint density at radius 3 is 1.43 bits per heavy atom. The maximum Gasteiger partial charge on any atom is 0.305 e. The van der Waals surface area contributed by atoms with Gasteiger partial charge in [-0.15, -0.1) is 0 Å². The van der Waals surface area contributed by atoms with E-state index in [9.17, 15) is 63.3 Å². The molecule has 19 N–H and O–H groups in total. The fourth-order valence-corrected chi connectivity index (χ4v) is 14.5. The zero-order valence-corrected chi connectivity index (χ0v) is 57.8. The molecule has 15 atom stereocenters. The molecule has 4 saturated heterocycles. The van der Waals surface area contributed by atoms with E-state index in [1.807, 2.05) is 52.0 Å². The molecule has 6 aliphatic heterocycles. The number of carbonyl (C=O) groups excluding carboxylic acids is 14. The van der Waals surface area contributed by atoms with E-state index in [-0.39, 0.29) is 57.4 Å². The van der Waals surface area contributed by atoms with Gasteiger partial charge in [0.1, 0.15) is 72.7 Å². The molecule has 4 fully saturated rings. The third-order valence-electron chi connectivity index (χ3n) is 19.3. The number of anilines is 2. The van der Waals surface area contributed by atoms with Crippen molar-refractivity contribution >= 4 is 100 Å². The molecule has 6 aliphatic rings. The fourth-order valence-electron chi connectivity index (χ4n) is 14.5. The van der Waals surface area contributed by atoms with Crippen LogP contribution in [0.25, 0.3) is 0 Å². The summed E-state index contributed by atoms with van der Waals surface area (Å²) in [5.41, 5.74) is 18.8. The predicted octanol–water partition coefficient (Wildman–Crippen LogP) is -3.69. The lowest BCUT2D eigenvalue weighted by Crippen LogP contribution is -2.63. The van der Waals surface area contributed by atoms with Crippen LogP contribution in [0.1, 0.15) is 130 Å². The minimum absolute atomic E-state index is 0.0110. The number of hydrogen-bond donors (Lipinski definition) is 16. The average Bonchev–Trinajstić information content (AvgIpc) is 1.55. The van der Waals surface area contributed by atoms with E-state index >= 15 is 24.0 Å². The van der Waals surface area contributed by atoms with Gasteiger partial charge in [0.2, 0.25) is 82.7 Å². The number of nitrogens with zero attached hydrogens (tertiary/aromatic N) is 3. The molecule has 0 saturated carbocycles. The van der Waals surface area contributed by atoms with Crippen LogP contribution in [-0.4, -0.2) is 217 Å². The first-order chi connectivity index (χ1) is 48.1. The number of aliphatic hydroxyl groups excluding tert-OH is 2. The second-order valence-corrected chi connectivity index (χ2v) is 27.9. The number of carbonyl (C=O) groups is 15. The number of carboxylic acid groups (broad SMARTS) is 1. The maximum absolute atomic E-state index is 15.9. The number of aliphatic carboxylic acids is 1. The summed E-state index contributed by atoms with van der Waals surface area (Å²) in [6.07, 6.45) is -4.11. The van der Waals surface area contributed by atoms with Crippen LogP contribution in [-0.2, 0) is 82.7 Å². The highest BCUT2D eigenvalue weighted by atomic mass is 16.4. The lowest BCUT2D eigenvalue weighted by atomic mass is 9.75. The summed E-state index contributed by atoms with van der Waals surface area (Å²) in [4.78, 5) is 217. The van der Waals surface area contributed by atoms with Crippen molar-refractivity contribution in [3.8, 4) is 0 Å². The number of nitrogens with one attached hydrogen (secondary N) is 10. The van der Waals surface area contributed by atoms with Crippen LogP contribution in [0.15, 0.2) is 71.8 Å². The van der Waals surface area contributed by atoms with Crippen LogP contribution >= 0.6 is 0 Å². The summed E-state index contributed by atoms with van der Waals surface area (Å²) in [5.74, 6) is -18.1. The first kappa shape index (κ1) is 77.2. The van der Waals surface area contributed by atoms with E-state index in [2.05, 4.69) is 53.2 Å². The van der Waals surface area contributed by atoms with Crippen molar-refractivity contribution in [2.75, 3.05) is 30.3 Å². The van der Waals surface area contributed by atoms with Gasteiger partial charge in [-0.25, -0.2) is 0 Å². The molecule has 102 heavy (non-hydrogen) atoms. The van der Waals surface area contributed by atoms with Crippen LogP contribution in [0.3, 0.4) is 0 Å². The molecule has 0 bridgehead atoms. The second kappa shape index (κ2) is 32.4. The van der Waals surface area contributed by atoms with Crippen molar-refractivity contribution < 1.29 is 87.2 Å². The van der Waals surface area contributed by atoms with Crippen molar-refractivity contribution in [3.63, 3.8) is 0 Å². The van der Waals surface area contributed by atoms with Gasteiger partial charge in [-0.1, -0.05) is 73.5 Å². The predicted molar refractivity (Wildman–Crippen MR) is 363 cm³/mol. The number of para-hydroxylation sites is 2. The number of carboxylic acids is 1. The summed E-state index contributed by atoms with van der Waals surface area (Å²) < 4.78 is 0. The van der Waals surface area contributed by atoms with Gasteiger partial charge in [0.15, 0.2) is 0 Å². The summed E-state index contributed by atoms with van der Waals surface area (Å²) in [6.45, 7) is 9.64. The molecule has 34 heteroatoms. The maximum atomic E-state index is 15.9. The number of hydrogen-bond acceptors (Lipinski definition) is 19. The highest BCUT2D eigenvalue weighted by Gasteiger charge is 2.63. The van der Waals surface area contributed by atoms with Crippen LogP contribution in [0, 0.1) is 5.92 Å². The summed E-state index contributed by atoms with van der Waals surface area (Å²) in [6, 6.07) is -3.85. The van der Waals surface area contributed by atoms with Gasteiger partial charge >= 0.3 is 5.97 Å². The third kappa shape index (κ3) is 17.1. The topological polar surface area (TPSA) is 525 Å². The standard InChI is InChI=1S/C68H92N16O18/c1-32(2)18-20-67-28-47-61(99)78-45(31-85)59(97)81-54(35(7)86)64(102)82-22-12-17-46(82)63(101)84-48(29-68(21-19-33(3)4)37-14-9-11-16-39(37)80-66(68)84)60(98)76-40(23-34(5)6)56(94)74-41(24-49(69)87)55(93)72-30-52(90)73-43(27-53(91)92)58(96)75-42(25-50(70)88)57(95)77-44(26-51(71)89)62(100)83(47)65(67)79-38-15-10-8-13-36(38)67/h8-11,13-16,18-19,34-35,40-48,54,65-66,79-80,85-86H,12,17,20-31H2,1-7H3,(H2,69,87)(H2,70,88)(H2,71,89)(H,72,93)(H,73,90)(H,74,94)(H,75,96)(H,76,98)(H,77,95)(H,78,99)(H,81,97)(H,91,92)/t35-,40+,41-,42-,43-,44-,45-,46-,47-,48-,54-,65-,66-,67-,68-/m0/s1. The molecule has 34 nitrogen and oxygen atoms in total. The molecule has 2 aromatic rings. The van der Waals surface area contributed by atoms with Crippen molar-refractivity contribution in [1.29, 1.82) is 0 Å². The molecule has 6 heterocycles. The quantitative estimate of drug-likeness (QED) is 0.0720. The Hall–Kier alpha value is -10.5. The summed E-state index contributed by atoms with van der Waals surface area (Å²) in [5, 5.41) is 58.0. The van der Waals surface area contributed by atoms with E-state index < -0.39 is 217 Å². The van der Waals surface area contributed by atoms with Crippen LogP contribution in [0.4, 0.5) is 11.4 Å². The monoisotopic (exact) mass is 1420 g/mol. The van der Waals surface area contributed by atoms with Gasteiger partial charge in [-0.3, -0.25) is 71.9 Å². The fraction of sp³-hybridized carbons (Fsp3) is 0.544. The molecule has 552 valence electrons. The Morgan fingerprint density at radius 2 is 0.961 bits per heavy atom. The highest BCUT2D eigenvalue weighted by molar-refractivity contribution is 6.03. The average molecular weight is 1420 g/mol. The normalized spacial score (nSPS) is 29.3. The molecule has 0 radical (unpaired) electrons. The Kier molecular flexibility index (Phi) is 24.6. The van der Waals surface area contributed by atoms with Crippen LogP contribution in [0.5, 0.6) is 0 Å². The molecule has 14 amide bonds. The molecular weight excluding hydrogens is 1330 g/mol. The summed E-state index contributed by atoms with van der Waals surface area (Å²) in [7, 11) is 0. The van der Waals surface area contributed by atoms with E-state index in [0.717, 1.165) is 26.5 Å². The lowest BCUT2D eigenvalue weighted by molar-refractivity contribution is -0.150. The molecule has 0 unspecified atom stereocenters. The zero-order chi connectivity index (χ0) is 75.0. The smallest absolute Gasteiger partial charge is 0.305 e. The van der Waals surface area contributed by atoms with Crippen LogP contribution < -0.4 is 70.4 Å². The van der Waals surface area contributed by atoms with Crippen molar-refractivity contribution in [1.82, 2.24) is 57.2 Å². The van der Waals surface area contributed by atoms with Gasteiger partial charge in [-0.05, 0) is 109 Å². The second-order valence-electron chi connectivity index (χ2n) is 27.9. The highest BCUT2D eigenvalue weighted by Crippen LogP contribution is 2.55. The largest absolute Gasteiger partial charge is 0.481 e. The number of aliphatic hydroxyl groups is 2. The number of primary amides is 3. The summed E-state index contributed by atoms with van der Waals surface area (Å²) >= 11 is 0. The van der Waals surface area contributed by atoms with Crippen molar-refractivity contribution in [2.24, 2.45) is 23.1 Å². The molecule has 8 rings (SSSR count). The number of amides is 14. The number of rotatable bonds is 16. The van der Waals surface area contributed by atoms with Crippen molar-refractivity contribution in [2.45, 2.75) is 209 Å². The van der Waals surface area contributed by atoms with Gasteiger partial charge in [0.05, 0.1) is 44.9 Å². The Morgan fingerprint density at radius 1 is 0.529 bits per heavy atom. The first-order valence-corrected chi connectivity index (χ1v) is 33.8. The van der Waals surface area contributed by atoms with Gasteiger partial charge in [0.25, 0.3) is 0 Å². The van der Waals surface area contributed by atoms with E-state index in [0.29, 0.717) is 16.9 Å². The number of allylic oxidation sites excluding steroid dienone is 4. The van der Waals surface area contributed by atoms with Crippen LogP contribution in [0.2, 0.25) is 0 Å². The molecule has 0 aromatic heterocycles. The number of fused-ring (bicyclic) bond motifs is 11. The van der Waals surface area contributed by atoms with E-state index in [1.165, 1.54) is 11.8 Å². The van der Waals surface area contributed by atoms with Gasteiger partial charge < -0.3 is 100 Å². The zero-order valence-electron chi connectivity index (χ0n) is 57.8. The Labute approximate surface area is 587 Å². The van der Waals surface area contributed by atoms with Crippen molar-refractivity contribution in [3.05, 3.63) is 83.0 Å². The molecule has 0 aliphatic carbocycles. The van der Waals surface area contributed by atoms with Gasteiger partial charge in [0, 0.05) is 28.7 Å². The number of benzene rings is 2. The van der Waals surface area contributed by atoms with E-state index in [1.54, 1.807) is 50.2 Å². The minimum atomic E-state index is -2.12. The van der Waals surface area contributed by atoms with Gasteiger partial charge in [-0.2, -0.15) is 0 Å². The molecule has 0 spiro atoms. The Bertz CT molecular complexity index is 3740. The first-order valence-electron chi connectivity index (χ1n) is 33.8. The molecular formula is C68H92N16O18. The Balaban J connectivity index is 1.22. The minimum Gasteiger partial charge on any atom is -0.481 e. The van der Waals surface area contributed by atoms with E-state index in [4.69, 9.17) is 17.2 Å².